The van der Waals surface area contributed by atoms with Gasteiger partial charge < -0.3 is 24.1 Å². The third-order valence-corrected chi connectivity index (χ3v) is 8.15. The topological polar surface area (TPSA) is 81.0 Å². The number of rotatable bonds is 7. The van der Waals surface area contributed by atoms with Crippen LogP contribution < -0.4 is 14.8 Å². The van der Waals surface area contributed by atoms with Gasteiger partial charge in [0.15, 0.2) is 0 Å². The van der Waals surface area contributed by atoms with Crippen LogP contribution in [-0.2, 0) is 29.0 Å². The van der Waals surface area contributed by atoms with Crippen molar-refractivity contribution in [3.05, 3.63) is 77.7 Å². The van der Waals surface area contributed by atoms with Gasteiger partial charge in [0.2, 0.25) is 11.8 Å². The minimum atomic E-state index is -1.02. The molecule has 1 N–H and O–H groups in total. The van der Waals surface area contributed by atoms with Crippen molar-refractivity contribution in [3.63, 3.8) is 0 Å². The SMILES string of the molecule is COc1ccc(NC(=O)[C@]2(N(Cc3ccco3)C(C)=O)CC[C@@H]3Cc4ccccc4C[C@H]3C2)c(OC)c1. The number of carbonyl (C=O) groups excluding carboxylic acids is 2. The van der Waals surface area contributed by atoms with Crippen molar-refractivity contribution < 1.29 is 23.5 Å². The van der Waals surface area contributed by atoms with Crippen LogP contribution in [0.4, 0.5) is 5.69 Å². The zero-order chi connectivity index (χ0) is 26.0. The second kappa shape index (κ2) is 10.3. The summed E-state index contributed by atoms with van der Waals surface area (Å²) in [5.41, 5.74) is 2.28. The van der Waals surface area contributed by atoms with Crippen molar-refractivity contribution in [1.82, 2.24) is 4.90 Å². The molecule has 2 aliphatic rings. The second-order valence-corrected chi connectivity index (χ2v) is 10.2. The van der Waals surface area contributed by atoms with Crippen molar-refractivity contribution in [1.29, 1.82) is 0 Å². The van der Waals surface area contributed by atoms with Crippen LogP contribution in [0.3, 0.4) is 0 Å². The number of anilines is 1. The van der Waals surface area contributed by atoms with E-state index in [2.05, 4.69) is 29.6 Å². The molecule has 1 fully saturated rings. The molecule has 0 bridgehead atoms. The van der Waals surface area contributed by atoms with Crippen LogP contribution in [0.5, 0.6) is 11.5 Å². The summed E-state index contributed by atoms with van der Waals surface area (Å²) in [6, 6.07) is 17.5. The lowest BCUT2D eigenvalue weighted by Gasteiger charge is -2.50. The smallest absolute Gasteiger partial charge is 0.250 e. The number of amides is 2. The van der Waals surface area contributed by atoms with Gasteiger partial charge in [-0.2, -0.15) is 0 Å². The van der Waals surface area contributed by atoms with Crippen LogP contribution in [0.1, 0.15) is 43.1 Å². The second-order valence-electron chi connectivity index (χ2n) is 10.2. The number of carbonyl (C=O) groups is 2. The summed E-state index contributed by atoms with van der Waals surface area (Å²) in [6.07, 6.45) is 5.57. The first-order valence-corrected chi connectivity index (χ1v) is 12.8. The van der Waals surface area contributed by atoms with Crippen molar-refractivity contribution in [2.75, 3.05) is 19.5 Å². The van der Waals surface area contributed by atoms with Crippen molar-refractivity contribution >= 4 is 17.5 Å². The molecule has 7 heteroatoms. The number of benzene rings is 2. The van der Waals surface area contributed by atoms with E-state index in [0.29, 0.717) is 47.6 Å². The van der Waals surface area contributed by atoms with Gasteiger partial charge in [-0.1, -0.05) is 24.3 Å². The zero-order valence-corrected chi connectivity index (χ0v) is 21.7. The number of fused-ring (bicyclic) bond motifs is 2. The van der Waals surface area contributed by atoms with Gasteiger partial charge in [0, 0.05) is 13.0 Å². The quantitative estimate of drug-likeness (QED) is 0.478. The Morgan fingerprint density at radius 1 is 1.03 bits per heavy atom. The number of hydrogen-bond donors (Lipinski definition) is 1. The largest absolute Gasteiger partial charge is 0.497 e. The normalized spacial score (nSPS) is 22.4. The lowest BCUT2D eigenvalue weighted by atomic mass is 9.62. The minimum absolute atomic E-state index is 0.150. The van der Waals surface area contributed by atoms with Gasteiger partial charge in [0.05, 0.1) is 32.7 Å². The fourth-order valence-corrected chi connectivity index (χ4v) is 6.23. The third kappa shape index (κ3) is 4.82. The molecule has 1 saturated carbocycles. The Morgan fingerprint density at radius 2 is 1.78 bits per heavy atom. The van der Waals surface area contributed by atoms with E-state index in [1.807, 2.05) is 6.07 Å². The van der Waals surface area contributed by atoms with Crippen molar-refractivity contribution in [2.24, 2.45) is 11.8 Å². The molecule has 2 aliphatic carbocycles. The van der Waals surface area contributed by atoms with E-state index in [0.717, 1.165) is 19.3 Å². The van der Waals surface area contributed by atoms with E-state index in [9.17, 15) is 9.59 Å². The van der Waals surface area contributed by atoms with Crippen molar-refractivity contribution in [2.45, 2.75) is 51.1 Å². The van der Waals surface area contributed by atoms with E-state index >= 15 is 0 Å². The van der Waals surface area contributed by atoms with E-state index < -0.39 is 5.54 Å². The maximum absolute atomic E-state index is 14.3. The predicted molar refractivity (Wildman–Crippen MR) is 141 cm³/mol. The van der Waals surface area contributed by atoms with Crippen LogP contribution >= 0.6 is 0 Å². The molecule has 0 unspecified atom stereocenters. The Morgan fingerprint density at radius 3 is 2.43 bits per heavy atom. The van der Waals surface area contributed by atoms with Gasteiger partial charge in [-0.05, 0) is 79.3 Å². The number of furan rings is 1. The Balaban J connectivity index is 1.51. The van der Waals surface area contributed by atoms with Crippen molar-refractivity contribution in [3.8, 4) is 11.5 Å². The Kier molecular flexibility index (Phi) is 6.96. The molecule has 0 aliphatic heterocycles. The number of hydrogen-bond acceptors (Lipinski definition) is 5. The molecule has 0 saturated heterocycles. The standard InChI is InChI=1S/C30H34N2O5/c1-20(33)32(19-26-9-6-14-37-26)30(29(34)31-27-11-10-25(35-2)17-28(27)36-3)13-12-23-15-21-7-4-5-8-22(21)16-24(23)18-30/h4-11,14,17,23-24H,12-13,15-16,18-19H2,1-3H3,(H,31,34)/t23-,24+,30+/m1/s1. The molecular formula is C30H34N2O5. The van der Waals surface area contributed by atoms with Gasteiger partial charge in [-0.3, -0.25) is 9.59 Å². The maximum atomic E-state index is 14.3. The lowest BCUT2D eigenvalue weighted by Crippen LogP contribution is -2.61. The number of nitrogens with zero attached hydrogens (tertiary/aromatic N) is 1. The number of methoxy groups -OCH3 is 2. The molecule has 0 radical (unpaired) electrons. The predicted octanol–water partition coefficient (Wildman–Crippen LogP) is 5.24. The molecule has 37 heavy (non-hydrogen) atoms. The first-order chi connectivity index (χ1) is 17.9. The summed E-state index contributed by atoms with van der Waals surface area (Å²) in [5, 5.41) is 3.11. The van der Waals surface area contributed by atoms with Crippen LogP contribution in [0.2, 0.25) is 0 Å². The molecule has 2 amide bonds. The lowest BCUT2D eigenvalue weighted by molar-refractivity contribution is -0.150. The van der Waals surface area contributed by atoms with Gasteiger partial charge in [0.25, 0.3) is 0 Å². The first-order valence-electron chi connectivity index (χ1n) is 12.8. The van der Waals surface area contributed by atoms with Gasteiger partial charge >= 0.3 is 0 Å². The van der Waals surface area contributed by atoms with Crippen LogP contribution in [0, 0.1) is 11.8 Å². The average Bonchev–Trinajstić information content (AvgIpc) is 3.43. The molecule has 1 heterocycles. The van der Waals surface area contributed by atoms with E-state index in [4.69, 9.17) is 13.9 Å². The molecule has 0 spiro atoms. The Hall–Kier alpha value is -3.74. The average molecular weight is 503 g/mol. The van der Waals surface area contributed by atoms with E-state index in [-0.39, 0.29) is 18.4 Å². The summed E-state index contributed by atoms with van der Waals surface area (Å²) >= 11 is 0. The molecule has 2 aromatic carbocycles. The Bertz CT molecular complexity index is 1270. The van der Waals surface area contributed by atoms with E-state index in [1.165, 1.54) is 18.1 Å². The van der Waals surface area contributed by atoms with E-state index in [1.54, 1.807) is 49.6 Å². The molecule has 1 aromatic heterocycles. The summed E-state index contributed by atoms with van der Waals surface area (Å²) in [7, 11) is 3.14. The highest BCUT2D eigenvalue weighted by Gasteiger charge is 2.52. The minimum Gasteiger partial charge on any atom is -0.497 e. The van der Waals surface area contributed by atoms with Crippen LogP contribution in [0.25, 0.3) is 0 Å². The summed E-state index contributed by atoms with van der Waals surface area (Å²) < 4.78 is 16.5. The fourth-order valence-electron chi connectivity index (χ4n) is 6.23. The number of nitrogens with one attached hydrogen (secondary N) is 1. The molecular weight excluding hydrogens is 468 g/mol. The summed E-state index contributed by atoms with van der Waals surface area (Å²) in [6.45, 7) is 1.78. The molecule has 194 valence electrons. The van der Waals surface area contributed by atoms with Crippen LogP contribution in [-0.4, -0.2) is 36.5 Å². The highest BCUT2D eigenvalue weighted by atomic mass is 16.5. The molecule has 7 nitrogen and oxygen atoms in total. The first kappa shape index (κ1) is 24.9. The molecule has 3 atom stereocenters. The monoisotopic (exact) mass is 502 g/mol. The number of ether oxygens (including phenoxy) is 2. The van der Waals surface area contributed by atoms with Crippen LogP contribution in [0.15, 0.2) is 65.3 Å². The highest BCUT2D eigenvalue weighted by molar-refractivity contribution is 6.01. The third-order valence-electron chi connectivity index (χ3n) is 8.15. The zero-order valence-electron chi connectivity index (χ0n) is 21.7. The van der Waals surface area contributed by atoms with Gasteiger partial charge in [-0.25, -0.2) is 0 Å². The highest BCUT2D eigenvalue weighted by Crippen LogP contribution is 2.47. The van der Waals surface area contributed by atoms with Gasteiger partial charge in [0.1, 0.15) is 22.8 Å². The fraction of sp³-hybridized carbons (Fsp3) is 0.400. The summed E-state index contributed by atoms with van der Waals surface area (Å²) in [4.78, 5) is 29.2. The Labute approximate surface area is 217 Å². The summed E-state index contributed by atoms with van der Waals surface area (Å²) in [5.74, 6) is 2.23. The van der Waals surface area contributed by atoms with Gasteiger partial charge in [-0.15, -0.1) is 0 Å². The maximum Gasteiger partial charge on any atom is 0.250 e. The molecule has 5 rings (SSSR count). The molecule has 3 aromatic rings.